The minimum Gasteiger partial charge on any atom is -0.329 e. The summed E-state index contributed by atoms with van der Waals surface area (Å²) in [7, 11) is 0. The zero-order valence-electron chi connectivity index (χ0n) is 11.6. The Kier molecular flexibility index (Phi) is 5.35. The van der Waals surface area contributed by atoms with Crippen LogP contribution in [0.4, 0.5) is 5.69 Å². The second-order valence-electron chi connectivity index (χ2n) is 5.02. The third-order valence-corrected chi connectivity index (χ3v) is 3.53. The highest BCUT2D eigenvalue weighted by Gasteiger charge is 2.29. The maximum atomic E-state index is 12.1. The highest BCUT2D eigenvalue weighted by molar-refractivity contribution is 5.95. The van der Waals surface area contributed by atoms with Crippen LogP contribution in [-0.2, 0) is 11.2 Å². The molecule has 3 nitrogen and oxygen atoms in total. The normalized spacial score (nSPS) is 14.0. The number of hydrogen-bond acceptors (Lipinski definition) is 2. The molecular formula is C15H24N2O. The monoisotopic (exact) mass is 248 g/mol. The first-order chi connectivity index (χ1) is 8.55. The Hall–Kier alpha value is -1.35. The predicted octanol–water partition coefficient (Wildman–Crippen LogP) is 2.95. The number of nitrogens with one attached hydrogen (secondary N) is 1. The first kappa shape index (κ1) is 14.7. The Morgan fingerprint density at radius 3 is 2.33 bits per heavy atom. The van der Waals surface area contributed by atoms with Gasteiger partial charge in [-0.3, -0.25) is 4.79 Å². The minimum absolute atomic E-state index is 0.00394. The summed E-state index contributed by atoms with van der Waals surface area (Å²) in [6.07, 6.45) is 2.94. The van der Waals surface area contributed by atoms with Crippen molar-refractivity contribution < 1.29 is 4.79 Å². The van der Waals surface area contributed by atoms with Crippen molar-refractivity contribution in [2.45, 2.75) is 40.0 Å². The maximum absolute atomic E-state index is 12.1. The molecule has 0 aliphatic heterocycles. The van der Waals surface area contributed by atoms with Gasteiger partial charge in [0.25, 0.3) is 0 Å². The van der Waals surface area contributed by atoms with E-state index in [1.54, 1.807) is 0 Å². The van der Waals surface area contributed by atoms with Crippen LogP contribution in [0.15, 0.2) is 24.3 Å². The molecule has 0 saturated heterocycles. The summed E-state index contributed by atoms with van der Waals surface area (Å²) in [6.45, 7) is 6.40. The minimum atomic E-state index is -0.484. The third-order valence-electron chi connectivity index (χ3n) is 3.53. The molecular weight excluding hydrogens is 224 g/mol. The lowest BCUT2D eigenvalue weighted by Gasteiger charge is -2.24. The number of anilines is 1. The van der Waals surface area contributed by atoms with Gasteiger partial charge in [-0.05, 0) is 37.5 Å². The van der Waals surface area contributed by atoms with E-state index in [9.17, 15) is 4.79 Å². The van der Waals surface area contributed by atoms with E-state index in [4.69, 9.17) is 5.73 Å². The number of carbonyl (C=O) groups excluding carboxylic acids is 1. The molecule has 1 aromatic carbocycles. The fourth-order valence-electron chi connectivity index (χ4n) is 1.72. The summed E-state index contributed by atoms with van der Waals surface area (Å²) in [5, 5.41) is 2.93. The number of carbonyl (C=O) groups is 1. The molecule has 1 aromatic rings. The summed E-state index contributed by atoms with van der Waals surface area (Å²) >= 11 is 0. The van der Waals surface area contributed by atoms with Crippen LogP contribution in [0.2, 0.25) is 0 Å². The Morgan fingerprint density at radius 1 is 1.28 bits per heavy atom. The van der Waals surface area contributed by atoms with E-state index in [-0.39, 0.29) is 5.91 Å². The lowest BCUT2D eigenvalue weighted by atomic mass is 9.86. The topological polar surface area (TPSA) is 55.1 Å². The van der Waals surface area contributed by atoms with E-state index in [1.807, 2.05) is 26.0 Å². The van der Waals surface area contributed by atoms with Crippen molar-refractivity contribution in [3.8, 4) is 0 Å². The average Bonchev–Trinajstić information content (AvgIpc) is 2.40. The number of amides is 1. The van der Waals surface area contributed by atoms with Gasteiger partial charge >= 0.3 is 0 Å². The van der Waals surface area contributed by atoms with Gasteiger partial charge in [0, 0.05) is 12.2 Å². The van der Waals surface area contributed by atoms with E-state index in [0.29, 0.717) is 6.54 Å². The highest BCUT2D eigenvalue weighted by atomic mass is 16.2. The van der Waals surface area contributed by atoms with Crippen molar-refractivity contribution >= 4 is 11.6 Å². The van der Waals surface area contributed by atoms with E-state index in [1.165, 1.54) is 5.56 Å². The van der Waals surface area contributed by atoms with Gasteiger partial charge in [0.05, 0.1) is 5.41 Å². The molecule has 3 N–H and O–H groups in total. The Bertz CT molecular complexity index is 380. The maximum Gasteiger partial charge on any atom is 0.231 e. The standard InChI is InChI=1S/C15H24N2O/c1-4-6-12-7-9-13(10-8-12)17-14(18)15(3,5-2)11-16/h7-10H,4-6,11,16H2,1-3H3,(H,17,18). The lowest BCUT2D eigenvalue weighted by Crippen LogP contribution is -2.39. The van der Waals surface area contributed by atoms with Crippen LogP contribution in [-0.4, -0.2) is 12.5 Å². The van der Waals surface area contributed by atoms with E-state index < -0.39 is 5.41 Å². The number of nitrogens with two attached hydrogens (primary N) is 1. The van der Waals surface area contributed by atoms with Gasteiger partial charge in [0.2, 0.25) is 5.91 Å². The van der Waals surface area contributed by atoms with Gasteiger partial charge in [-0.2, -0.15) is 0 Å². The molecule has 3 heteroatoms. The zero-order valence-corrected chi connectivity index (χ0v) is 11.6. The fourth-order valence-corrected chi connectivity index (χ4v) is 1.72. The second-order valence-corrected chi connectivity index (χ2v) is 5.02. The van der Waals surface area contributed by atoms with Crippen LogP contribution < -0.4 is 11.1 Å². The quantitative estimate of drug-likeness (QED) is 0.813. The summed E-state index contributed by atoms with van der Waals surface area (Å²) in [5.74, 6) is -0.00394. The SMILES string of the molecule is CCCc1ccc(NC(=O)C(C)(CC)CN)cc1. The largest absolute Gasteiger partial charge is 0.329 e. The van der Waals surface area contributed by atoms with Crippen LogP contribution in [0.1, 0.15) is 39.2 Å². The summed E-state index contributed by atoms with van der Waals surface area (Å²) in [6, 6.07) is 8.03. The molecule has 0 fully saturated rings. The van der Waals surface area contributed by atoms with Crippen molar-refractivity contribution in [1.82, 2.24) is 0 Å². The molecule has 1 amide bonds. The van der Waals surface area contributed by atoms with Crippen LogP contribution in [0.5, 0.6) is 0 Å². The number of aryl methyl sites for hydroxylation is 1. The van der Waals surface area contributed by atoms with E-state index in [0.717, 1.165) is 24.9 Å². The smallest absolute Gasteiger partial charge is 0.231 e. The molecule has 0 saturated carbocycles. The van der Waals surface area contributed by atoms with Crippen molar-refractivity contribution in [2.75, 3.05) is 11.9 Å². The van der Waals surface area contributed by atoms with E-state index >= 15 is 0 Å². The molecule has 0 spiro atoms. The molecule has 1 unspecified atom stereocenters. The predicted molar refractivity (Wildman–Crippen MR) is 76.5 cm³/mol. The first-order valence-electron chi connectivity index (χ1n) is 6.66. The molecule has 0 aromatic heterocycles. The molecule has 0 bridgehead atoms. The summed E-state index contributed by atoms with van der Waals surface area (Å²) < 4.78 is 0. The fraction of sp³-hybridized carbons (Fsp3) is 0.533. The Labute approximate surface area is 110 Å². The van der Waals surface area contributed by atoms with Gasteiger partial charge in [0.15, 0.2) is 0 Å². The molecule has 1 atom stereocenters. The molecule has 0 radical (unpaired) electrons. The van der Waals surface area contributed by atoms with Gasteiger partial charge in [-0.25, -0.2) is 0 Å². The number of benzene rings is 1. The summed E-state index contributed by atoms with van der Waals surface area (Å²) in [4.78, 5) is 12.1. The average molecular weight is 248 g/mol. The molecule has 1 rings (SSSR count). The molecule has 100 valence electrons. The second kappa shape index (κ2) is 6.55. The van der Waals surface area contributed by atoms with Crippen molar-refractivity contribution in [2.24, 2.45) is 11.1 Å². The lowest BCUT2D eigenvalue weighted by molar-refractivity contribution is -0.124. The molecule has 0 aliphatic carbocycles. The van der Waals surface area contributed by atoms with Crippen LogP contribution in [0.25, 0.3) is 0 Å². The van der Waals surface area contributed by atoms with Crippen molar-refractivity contribution in [3.05, 3.63) is 29.8 Å². The number of hydrogen-bond donors (Lipinski definition) is 2. The van der Waals surface area contributed by atoms with Gasteiger partial charge < -0.3 is 11.1 Å². The first-order valence-corrected chi connectivity index (χ1v) is 6.66. The molecule has 18 heavy (non-hydrogen) atoms. The molecule has 0 heterocycles. The van der Waals surface area contributed by atoms with Crippen molar-refractivity contribution in [3.63, 3.8) is 0 Å². The number of rotatable bonds is 6. The Morgan fingerprint density at radius 2 is 1.89 bits per heavy atom. The molecule has 0 aliphatic rings. The van der Waals surface area contributed by atoms with Gasteiger partial charge in [-0.15, -0.1) is 0 Å². The van der Waals surface area contributed by atoms with E-state index in [2.05, 4.69) is 24.4 Å². The van der Waals surface area contributed by atoms with Gasteiger partial charge in [0.1, 0.15) is 0 Å². The van der Waals surface area contributed by atoms with Crippen molar-refractivity contribution in [1.29, 1.82) is 0 Å². The van der Waals surface area contributed by atoms with Gasteiger partial charge in [-0.1, -0.05) is 32.4 Å². The van der Waals surface area contributed by atoms with Crippen LogP contribution in [0, 0.1) is 5.41 Å². The van der Waals surface area contributed by atoms with Crippen LogP contribution in [0.3, 0.4) is 0 Å². The highest BCUT2D eigenvalue weighted by Crippen LogP contribution is 2.22. The zero-order chi connectivity index (χ0) is 13.6. The third kappa shape index (κ3) is 3.57. The summed E-state index contributed by atoms with van der Waals surface area (Å²) in [5.41, 5.74) is 7.33. The van der Waals surface area contributed by atoms with Crippen LogP contribution >= 0.6 is 0 Å². The Balaban J connectivity index is 2.70.